The van der Waals surface area contributed by atoms with Crippen LogP contribution in [-0.4, -0.2) is 26.0 Å². The molecule has 0 unspecified atom stereocenters. The topological polar surface area (TPSA) is 58.4 Å². The number of nitrogens with two attached hydrogens (primary N) is 1. The first kappa shape index (κ1) is 15.5. The maximum Gasteiger partial charge on any atom is 0.241 e. The summed E-state index contributed by atoms with van der Waals surface area (Å²) < 4.78 is 0. The Morgan fingerprint density at radius 3 is 2.47 bits per heavy atom. The molecule has 0 saturated heterocycles. The molecule has 4 heteroatoms. The fourth-order valence-corrected chi connectivity index (χ4v) is 1.91. The summed E-state index contributed by atoms with van der Waals surface area (Å²) in [6.07, 6.45) is 0.695. The van der Waals surface area contributed by atoms with Crippen LogP contribution in [0.25, 0.3) is 0 Å². The molecule has 4 nitrogen and oxygen atoms in total. The van der Waals surface area contributed by atoms with Gasteiger partial charge in [0.2, 0.25) is 5.91 Å². The summed E-state index contributed by atoms with van der Waals surface area (Å²) in [5, 5.41) is 2.90. The predicted molar refractivity (Wildman–Crippen MR) is 81.6 cm³/mol. The maximum absolute atomic E-state index is 12.0. The van der Waals surface area contributed by atoms with E-state index in [1.807, 2.05) is 44.1 Å². The van der Waals surface area contributed by atoms with Crippen molar-refractivity contribution in [3.8, 4) is 0 Å². The molecule has 0 aromatic heterocycles. The van der Waals surface area contributed by atoms with Gasteiger partial charge in [-0.2, -0.15) is 0 Å². The van der Waals surface area contributed by atoms with E-state index in [0.29, 0.717) is 12.3 Å². The Kier molecular flexibility index (Phi) is 5.36. The summed E-state index contributed by atoms with van der Waals surface area (Å²) in [4.78, 5) is 14.0. The van der Waals surface area contributed by atoms with Crippen molar-refractivity contribution in [3.63, 3.8) is 0 Å². The van der Waals surface area contributed by atoms with Crippen LogP contribution in [0.15, 0.2) is 18.2 Å². The number of hydrogen-bond donors (Lipinski definition) is 2. The minimum atomic E-state index is -0.451. The van der Waals surface area contributed by atoms with E-state index in [-0.39, 0.29) is 5.91 Å². The minimum Gasteiger partial charge on any atom is -0.378 e. The molecule has 1 amide bonds. The van der Waals surface area contributed by atoms with E-state index < -0.39 is 6.04 Å². The molecule has 19 heavy (non-hydrogen) atoms. The molecule has 0 aliphatic heterocycles. The Morgan fingerprint density at radius 2 is 2.00 bits per heavy atom. The zero-order chi connectivity index (χ0) is 14.6. The largest absolute Gasteiger partial charge is 0.378 e. The van der Waals surface area contributed by atoms with Crippen molar-refractivity contribution >= 4 is 17.3 Å². The lowest BCUT2D eigenvalue weighted by molar-refractivity contribution is -0.117. The van der Waals surface area contributed by atoms with Crippen LogP contribution in [0.3, 0.4) is 0 Å². The van der Waals surface area contributed by atoms with Gasteiger partial charge in [0.1, 0.15) is 0 Å². The second kappa shape index (κ2) is 6.57. The van der Waals surface area contributed by atoms with Crippen LogP contribution in [0.4, 0.5) is 11.4 Å². The number of aryl methyl sites for hydroxylation is 1. The van der Waals surface area contributed by atoms with E-state index in [1.165, 1.54) is 0 Å². The normalized spacial score (nSPS) is 12.4. The smallest absolute Gasteiger partial charge is 0.241 e. The Hall–Kier alpha value is -1.55. The number of amides is 1. The SMILES string of the molecule is Cc1cc(N(C)C)ccc1NC(=O)[C@@H](N)CC(C)C. The van der Waals surface area contributed by atoms with E-state index in [1.54, 1.807) is 0 Å². The van der Waals surface area contributed by atoms with Gasteiger partial charge in [-0.15, -0.1) is 0 Å². The quantitative estimate of drug-likeness (QED) is 0.857. The van der Waals surface area contributed by atoms with Crippen molar-refractivity contribution < 1.29 is 4.79 Å². The van der Waals surface area contributed by atoms with Gasteiger partial charge in [0.25, 0.3) is 0 Å². The summed E-state index contributed by atoms with van der Waals surface area (Å²) in [5.41, 5.74) is 8.85. The third kappa shape index (κ3) is 4.56. The number of carbonyl (C=O) groups excluding carboxylic acids is 1. The molecule has 0 saturated carbocycles. The Labute approximate surface area is 116 Å². The van der Waals surface area contributed by atoms with Crippen molar-refractivity contribution in [2.75, 3.05) is 24.3 Å². The van der Waals surface area contributed by atoms with Gasteiger partial charge in [-0.05, 0) is 43.0 Å². The molecule has 0 aliphatic carbocycles. The zero-order valence-corrected chi connectivity index (χ0v) is 12.5. The number of hydrogen-bond acceptors (Lipinski definition) is 3. The third-order valence-electron chi connectivity index (χ3n) is 3.05. The Morgan fingerprint density at radius 1 is 1.37 bits per heavy atom. The summed E-state index contributed by atoms with van der Waals surface area (Å²) >= 11 is 0. The molecule has 0 aliphatic rings. The first-order valence-corrected chi connectivity index (χ1v) is 6.65. The molecule has 106 valence electrons. The Balaban J connectivity index is 2.74. The third-order valence-corrected chi connectivity index (χ3v) is 3.05. The molecule has 0 bridgehead atoms. The number of carbonyl (C=O) groups is 1. The van der Waals surface area contributed by atoms with Crippen LogP contribution < -0.4 is 16.0 Å². The molecular formula is C15H25N3O. The van der Waals surface area contributed by atoms with E-state index in [2.05, 4.69) is 19.2 Å². The molecule has 1 aromatic carbocycles. The lowest BCUT2D eigenvalue weighted by Gasteiger charge is -2.17. The van der Waals surface area contributed by atoms with Gasteiger partial charge in [-0.1, -0.05) is 13.8 Å². The molecule has 1 atom stereocenters. The molecule has 3 N–H and O–H groups in total. The highest BCUT2D eigenvalue weighted by Crippen LogP contribution is 2.21. The predicted octanol–water partition coefficient (Wildman–Crippen LogP) is 2.37. The highest BCUT2D eigenvalue weighted by Gasteiger charge is 2.15. The van der Waals surface area contributed by atoms with Gasteiger partial charge in [0, 0.05) is 25.5 Å². The second-order valence-corrected chi connectivity index (χ2v) is 5.62. The maximum atomic E-state index is 12.0. The van der Waals surface area contributed by atoms with Gasteiger partial charge >= 0.3 is 0 Å². The summed E-state index contributed by atoms with van der Waals surface area (Å²) in [5.74, 6) is 0.298. The number of anilines is 2. The van der Waals surface area contributed by atoms with Crippen molar-refractivity contribution in [1.82, 2.24) is 0 Å². The average Bonchev–Trinajstić information content (AvgIpc) is 2.30. The molecule has 1 rings (SSSR count). The summed E-state index contributed by atoms with van der Waals surface area (Å²) in [7, 11) is 3.98. The van der Waals surface area contributed by atoms with Crippen LogP contribution in [0.2, 0.25) is 0 Å². The van der Waals surface area contributed by atoms with Crippen molar-refractivity contribution in [2.24, 2.45) is 11.7 Å². The van der Waals surface area contributed by atoms with E-state index in [4.69, 9.17) is 5.73 Å². The fraction of sp³-hybridized carbons (Fsp3) is 0.533. The summed E-state index contributed by atoms with van der Waals surface area (Å²) in [6, 6.07) is 5.50. The van der Waals surface area contributed by atoms with Crippen molar-refractivity contribution in [3.05, 3.63) is 23.8 Å². The van der Waals surface area contributed by atoms with E-state index >= 15 is 0 Å². The zero-order valence-electron chi connectivity index (χ0n) is 12.5. The van der Waals surface area contributed by atoms with Gasteiger partial charge in [-0.3, -0.25) is 4.79 Å². The average molecular weight is 263 g/mol. The second-order valence-electron chi connectivity index (χ2n) is 5.62. The molecule has 0 radical (unpaired) electrons. The van der Waals surface area contributed by atoms with Crippen LogP contribution in [0, 0.1) is 12.8 Å². The molecule has 0 fully saturated rings. The van der Waals surface area contributed by atoms with Gasteiger partial charge in [0.15, 0.2) is 0 Å². The van der Waals surface area contributed by atoms with Crippen molar-refractivity contribution in [1.29, 1.82) is 0 Å². The lowest BCUT2D eigenvalue weighted by atomic mass is 10.0. The number of benzene rings is 1. The number of rotatable bonds is 5. The number of nitrogens with zero attached hydrogens (tertiary/aromatic N) is 1. The first-order chi connectivity index (χ1) is 8.81. The van der Waals surface area contributed by atoms with Crippen LogP contribution in [0.5, 0.6) is 0 Å². The van der Waals surface area contributed by atoms with E-state index in [0.717, 1.165) is 16.9 Å². The summed E-state index contributed by atoms with van der Waals surface area (Å²) in [6.45, 7) is 6.10. The molecule has 1 aromatic rings. The first-order valence-electron chi connectivity index (χ1n) is 6.65. The molecule has 0 heterocycles. The van der Waals surface area contributed by atoms with E-state index in [9.17, 15) is 4.79 Å². The Bertz CT molecular complexity index is 441. The van der Waals surface area contributed by atoms with Gasteiger partial charge in [0.05, 0.1) is 6.04 Å². The molecular weight excluding hydrogens is 238 g/mol. The molecule has 0 spiro atoms. The lowest BCUT2D eigenvalue weighted by Crippen LogP contribution is -2.36. The minimum absolute atomic E-state index is 0.116. The standard InChI is InChI=1S/C15H25N3O/c1-10(2)8-13(16)15(19)17-14-7-6-12(18(4)5)9-11(14)3/h6-7,9-10,13H,8,16H2,1-5H3,(H,17,19)/t13-/m0/s1. The monoisotopic (exact) mass is 263 g/mol. The number of nitrogens with one attached hydrogen (secondary N) is 1. The fourth-order valence-electron chi connectivity index (χ4n) is 1.91. The van der Waals surface area contributed by atoms with Gasteiger partial charge < -0.3 is 16.0 Å². The van der Waals surface area contributed by atoms with Crippen molar-refractivity contribution in [2.45, 2.75) is 33.2 Å². The van der Waals surface area contributed by atoms with Gasteiger partial charge in [-0.25, -0.2) is 0 Å². The van der Waals surface area contributed by atoms with Crippen LogP contribution in [-0.2, 0) is 4.79 Å². The highest BCUT2D eigenvalue weighted by atomic mass is 16.2. The van der Waals surface area contributed by atoms with Crippen LogP contribution in [0.1, 0.15) is 25.8 Å². The van der Waals surface area contributed by atoms with Crippen LogP contribution >= 0.6 is 0 Å². The highest BCUT2D eigenvalue weighted by molar-refractivity contribution is 5.95.